The Hall–Kier alpha value is -1.23. The van der Waals surface area contributed by atoms with E-state index >= 15 is 0 Å². The monoisotopic (exact) mass is 300 g/mol. The van der Waals surface area contributed by atoms with Gasteiger partial charge in [-0.3, -0.25) is 0 Å². The van der Waals surface area contributed by atoms with Gasteiger partial charge in [-0.15, -0.1) is 0 Å². The fraction of sp³-hybridized carbons (Fsp3) is 0.625. The summed E-state index contributed by atoms with van der Waals surface area (Å²) in [5, 5.41) is 0. The molecule has 21 heavy (non-hydrogen) atoms. The maximum Gasteiger partial charge on any atom is 0.418 e. The zero-order valence-corrected chi connectivity index (χ0v) is 12.6. The van der Waals surface area contributed by atoms with Crippen LogP contribution in [0.1, 0.15) is 37.8 Å². The lowest BCUT2D eigenvalue weighted by Crippen LogP contribution is -2.38. The van der Waals surface area contributed by atoms with E-state index in [1.807, 2.05) is 4.90 Å². The lowest BCUT2D eigenvalue weighted by molar-refractivity contribution is -0.137. The van der Waals surface area contributed by atoms with E-state index in [1.165, 1.54) is 6.07 Å². The summed E-state index contributed by atoms with van der Waals surface area (Å²) in [6.07, 6.45) is -2.03. The first-order valence-corrected chi connectivity index (χ1v) is 7.38. The van der Waals surface area contributed by atoms with Crippen molar-refractivity contribution in [2.75, 3.05) is 24.5 Å². The zero-order chi connectivity index (χ0) is 15.7. The van der Waals surface area contributed by atoms with Gasteiger partial charge in [0.2, 0.25) is 0 Å². The van der Waals surface area contributed by atoms with Crippen molar-refractivity contribution >= 4 is 5.69 Å². The summed E-state index contributed by atoms with van der Waals surface area (Å²) in [6.45, 7) is 6.03. The molecule has 2 nitrogen and oxygen atoms in total. The van der Waals surface area contributed by atoms with Crippen molar-refractivity contribution in [3.8, 4) is 0 Å². The Bertz CT molecular complexity index is 485. The van der Waals surface area contributed by atoms with Gasteiger partial charge >= 0.3 is 6.18 Å². The number of nitrogens with zero attached hydrogens (tertiary/aromatic N) is 1. The average molecular weight is 300 g/mol. The topological polar surface area (TPSA) is 29.3 Å². The Morgan fingerprint density at radius 2 is 1.81 bits per heavy atom. The maximum absolute atomic E-state index is 13.3. The Kier molecular flexibility index (Phi) is 4.51. The molecule has 5 heteroatoms. The van der Waals surface area contributed by atoms with Gasteiger partial charge in [0, 0.05) is 18.8 Å². The van der Waals surface area contributed by atoms with E-state index < -0.39 is 11.7 Å². The normalized spacial score (nSPS) is 18.9. The molecule has 2 N–H and O–H groups in total. The van der Waals surface area contributed by atoms with Gasteiger partial charge in [-0.05, 0) is 48.9 Å². The molecule has 1 saturated heterocycles. The highest BCUT2D eigenvalue weighted by atomic mass is 19.4. The molecule has 1 heterocycles. The molecule has 0 bridgehead atoms. The first-order chi connectivity index (χ1) is 9.73. The molecule has 0 aromatic heterocycles. The van der Waals surface area contributed by atoms with Crippen molar-refractivity contribution in [3.63, 3.8) is 0 Å². The predicted octanol–water partition coefficient (Wildman–Crippen LogP) is 3.83. The van der Waals surface area contributed by atoms with Crippen LogP contribution in [0.15, 0.2) is 18.2 Å². The molecule has 1 fully saturated rings. The number of rotatable bonds is 3. The molecule has 0 saturated carbocycles. The van der Waals surface area contributed by atoms with Crippen molar-refractivity contribution in [1.29, 1.82) is 0 Å². The number of anilines is 1. The molecule has 0 aliphatic carbocycles. The largest absolute Gasteiger partial charge is 0.418 e. The van der Waals surface area contributed by atoms with Gasteiger partial charge in [0.05, 0.1) is 5.56 Å². The number of halogens is 3. The van der Waals surface area contributed by atoms with Crippen molar-refractivity contribution in [2.24, 2.45) is 11.1 Å². The quantitative estimate of drug-likeness (QED) is 0.919. The van der Waals surface area contributed by atoms with E-state index in [0.717, 1.165) is 12.8 Å². The molecule has 1 aromatic carbocycles. The number of piperidine rings is 1. The zero-order valence-electron chi connectivity index (χ0n) is 12.6. The molecular formula is C16H23F3N2. The van der Waals surface area contributed by atoms with Crippen LogP contribution >= 0.6 is 0 Å². The van der Waals surface area contributed by atoms with Gasteiger partial charge in [-0.1, -0.05) is 19.9 Å². The van der Waals surface area contributed by atoms with E-state index in [4.69, 9.17) is 5.73 Å². The van der Waals surface area contributed by atoms with Gasteiger partial charge in [0.25, 0.3) is 0 Å². The van der Waals surface area contributed by atoms with Crippen molar-refractivity contribution in [1.82, 2.24) is 0 Å². The van der Waals surface area contributed by atoms with Crippen molar-refractivity contribution in [3.05, 3.63) is 29.3 Å². The predicted molar refractivity (Wildman–Crippen MR) is 79.4 cm³/mol. The van der Waals surface area contributed by atoms with Crippen LogP contribution in [0.4, 0.5) is 18.9 Å². The highest BCUT2D eigenvalue weighted by molar-refractivity contribution is 5.57. The first-order valence-electron chi connectivity index (χ1n) is 7.38. The van der Waals surface area contributed by atoms with Crippen molar-refractivity contribution < 1.29 is 13.2 Å². The lowest BCUT2D eigenvalue weighted by atomic mass is 9.82. The smallest absolute Gasteiger partial charge is 0.371 e. The minimum Gasteiger partial charge on any atom is -0.371 e. The number of alkyl halides is 3. The number of nitrogens with two attached hydrogens (primary N) is 1. The molecular weight excluding hydrogens is 277 g/mol. The third-order valence-electron chi connectivity index (χ3n) is 4.26. The van der Waals surface area contributed by atoms with Crippen LogP contribution in [0.3, 0.4) is 0 Å². The van der Waals surface area contributed by atoms with Crippen LogP contribution in [-0.2, 0) is 12.6 Å². The van der Waals surface area contributed by atoms with Crippen LogP contribution in [0, 0.1) is 5.41 Å². The lowest BCUT2D eigenvalue weighted by Gasteiger charge is -2.39. The van der Waals surface area contributed by atoms with Gasteiger partial charge in [-0.25, -0.2) is 0 Å². The van der Waals surface area contributed by atoms with Gasteiger partial charge in [0.15, 0.2) is 0 Å². The standard InChI is InChI=1S/C16H23F3N2/c1-15(2)6-9-21(10-7-15)14-4-3-12(5-8-20)11-13(14)16(17,18)19/h3-4,11H,5-10,20H2,1-2H3. The molecule has 0 spiro atoms. The Balaban J connectivity index is 2.30. The molecule has 0 radical (unpaired) electrons. The number of hydrogen-bond donors (Lipinski definition) is 1. The molecule has 1 aliphatic heterocycles. The molecule has 0 atom stereocenters. The Morgan fingerprint density at radius 3 is 2.33 bits per heavy atom. The van der Waals surface area contributed by atoms with E-state index in [1.54, 1.807) is 12.1 Å². The second-order valence-electron chi connectivity index (χ2n) is 6.54. The fourth-order valence-corrected chi connectivity index (χ4v) is 2.76. The summed E-state index contributed by atoms with van der Waals surface area (Å²) in [7, 11) is 0. The Morgan fingerprint density at radius 1 is 1.19 bits per heavy atom. The van der Waals surface area contributed by atoms with Gasteiger partial charge in [-0.2, -0.15) is 13.2 Å². The van der Waals surface area contributed by atoms with Gasteiger partial charge in [0.1, 0.15) is 0 Å². The maximum atomic E-state index is 13.3. The summed E-state index contributed by atoms with van der Waals surface area (Å²) < 4.78 is 40.0. The first kappa shape index (κ1) is 16.1. The second-order valence-corrected chi connectivity index (χ2v) is 6.54. The van der Waals surface area contributed by atoms with Crippen LogP contribution in [-0.4, -0.2) is 19.6 Å². The molecule has 1 aliphatic rings. The van der Waals surface area contributed by atoms with Crippen LogP contribution in [0.25, 0.3) is 0 Å². The fourth-order valence-electron chi connectivity index (χ4n) is 2.76. The summed E-state index contributed by atoms with van der Waals surface area (Å²) in [5.74, 6) is 0. The molecule has 118 valence electrons. The molecule has 1 aromatic rings. The van der Waals surface area contributed by atoms with E-state index in [0.29, 0.717) is 37.3 Å². The minimum absolute atomic E-state index is 0.217. The third-order valence-corrected chi connectivity index (χ3v) is 4.26. The SMILES string of the molecule is CC1(C)CCN(c2ccc(CCN)cc2C(F)(F)F)CC1. The Labute approximate surface area is 124 Å². The molecule has 2 rings (SSSR count). The van der Waals surface area contributed by atoms with Crippen LogP contribution in [0.2, 0.25) is 0 Å². The number of hydrogen-bond acceptors (Lipinski definition) is 2. The summed E-state index contributed by atoms with van der Waals surface area (Å²) >= 11 is 0. The number of benzene rings is 1. The minimum atomic E-state index is -4.33. The molecule has 0 unspecified atom stereocenters. The van der Waals surface area contributed by atoms with E-state index in [2.05, 4.69) is 13.8 Å². The highest BCUT2D eigenvalue weighted by Crippen LogP contribution is 2.40. The summed E-state index contributed by atoms with van der Waals surface area (Å²) in [5.41, 5.74) is 6.07. The van der Waals surface area contributed by atoms with Crippen LogP contribution < -0.4 is 10.6 Å². The van der Waals surface area contributed by atoms with Gasteiger partial charge < -0.3 is 10.6 Å². The highest BCUT2D eigenvalue weighted by Gasteiger charge is 2.36. The van der Waals surface area contributed by atoms with E-state index in [-0.39, 0.29) is 5.41 Å². The molecule has 0 amide bonds. The second kappa shape index (κ2) is 5.87. The summed E-state index contributed by atoms with van der Waals surface area (Å²) in [4.78, 5) is 1.86. The van der Waals surface area contributed by atoms with E-state index in [9.17, 15) is 13.2 Å². The summed E-state index contributed by atoms with van der Waals surface area (Å²) in [6, 6.07) is 4.62. The third kappa shape index (κ3) is 3.90. The average Bonchev–Trinajstić information content (AvgIpc) is 2.38. The van der Waals surface area contributed by atoms with Crippen LogP contribution in [0.5, 0.6) is 0 Å². The van der Waals surface area contributed by atoms with Crippen molar-refractivity contribution in [2.45, 2.75) is 39.3 Å².